The molecule has 0 radical (unpaired) electrons. The molecule has 0 unspecified atom stereocenters. The Kier molecular flexibility index (Phi) is 4.74. The number of aromatic amines is 1. The molecule has 2 heterocycles. The monoisotopic (exact) mass is 392 g/mol. The molecule has 3 N–H and O–H groups in total. The fourth-order valence-electron chi connectivity index (χ4n) is 2.83. The second-order valence-electron chi connectivity index (χ2n) is 6.22. The number of fused-ring (bicyclic) bond motifs is 1. The van der Waals surface area contributed by atoms with E-state index in [9.17, 15) is 18.4 Å². The van der Waals surface area contributed by atoms with E-state index in [2.05, 4.69) is 20.6 Å². The first kappa shape index (κ1) is 18.3. The Balaban J connectivity index is 1.51. The first-order chi connectivity index (χ1) is 14.0. The van der Waals surface area contributed by atoms with Gasteiger partial charge in [0.2, 0.25) is 5.56 Å². The predicted molar refractivity (Wildman–Crippen MR) is 106 cm³/mol. The zero-order valence-electron chi connectivity index (χ0n) is 14.9. The molecular weight excluding hydrogens is 378 g/mol. The summed E-state index contributed by atoms with van der Waals surface area (Å²) in [5, 5.41) is 6.53. The maximum Gasteiger partial charge on any atom is 0.258 e. The summed E-state index contributed by atoms with van der Waals surface area (Å²) in [6.45, 7) is 0. The standard InChI is InChI=1S/C21H14F2N4O2/c22-12-1-6-15(17(23)11-12)21(29)26-14-4-2-13(3-5-14)25-18-9-10-24-20-16(18)7-8-19(28)27-20/h1-11H,(H,26,29)(H2,24,25,27,28). The number of H-pyrrole nitrogens is 1. The quantitative estimate of drug-likeness (QED) is 0.486. The van der Waals surface area contributed by atoms with Crippen LogP contribution in [-0.4, -0.2) is 15.9 Å². The molecule has 0 spiro atoms. The molecule has 0 bridgehead atoms. The van der Waals surface area contributed by atoms with Crippen molar-refractivity contribution in [3.8, 4) is 0 Å². The number of amides is 1. The first-order valence-corrected chi connectivity index (χ1v) is 8.61. The Morgan fingerprint density at radius 3 is 2.45 bits per heavy atom. The molecule has 0 atom stereocenters. The van der Waals surface area contributed by atoms with Crippen LogP contribution in [0.3, 0.4) is 0 Å². The molecule has 144 valence electrons. The molecule has 1 amide bonds. The highest BCUT2D eigenvalue weighted by atomic mass is 19.1. The summed E-state index contributed by atoms with van der Waals surface area (Å²) in [6, 6.07) is 14.4. The van der Waals surface area contributed by atoms with Crippen LogP contribution in [0.4, 0.5) is 25.8 Å². The molecule has 0 saturated heterocycles. The number of benzene rings is 2. The minimum absolute atomic E-state index is 0.236. The average molecular weight is 392 g/mol. The highest BCUT2D eigenvalue weighted by Crippen LogP contribution is 2.24. The van der Waals surface area contributed by atoms with E-state index in [-0.39, 0.29) is 11.1 Å². The van der Waals surface area contributed by atoms with Gasteiger partial charge in [0.05, 0.1) is 11.3 Å². The summed E-state index contributed by atoms with van der Waals surface area (Å²) in [6.07, 6.45) is 1.58. The van der Waals surface area contributed by atoms with Crippen molar-refractivity contribution >= 4 is 34.0 Å². The van der Waals surface area contributed by atoms with E-state index in [0.29, 0.717) is 17.4 Å². The van der Waals surface area contributed by atoms with Crippen molar-refractivity contribution in [2.24, 2.45) is 0 Å². The van der Waals surface area contributed by atoms with Gasteiger partial charge in [-0.1, -0.05) is 0 Å². The van der Waals surface area contributed by atoms with Crippen molar-refractivity contribution in [2.45, 2.75) is 0 Å². The molecule has 2 aromatic carbocycles. The van der Waals surface area contributed by atoms with Crippen LogP contribution in [0.5, 0.6) is 0 Å². The summed E-state index contributed by atoms with van der Waals surface area (Å²) in [7, 11) is 0. The lowest BCUT2D eigenvalue weighted by atomic mass is 10.2. The largest absolute Gasteiger partial charge is 0.355 e. The Morgan fingerprint density at radius 1 is 0.931 bits per heavy atom. The van der Waals surface area contributed by atoms with Crippen LogP contribution in [0.15, 0.2) is 71.7 Å². The Labute approximate surface area is 163 Å². The van der Waals surface area contributed by atoms with Crippen LogP contribution < -0.4 is 16.2 Å². The molecular formula is C21H14F2N4O2. The van der Waals surface area contributed by atoms with Crippen LogP contribution in [-0.2, 0) is 0 Å². The molecule has 0 aliphatic heterocycles. The third-order valence-electron chi connectivity index (χ3n) is 4.23. The molecule has 2 aromatic heterocycles. The van der Waals surface area contributed by atoms with Crippen LogP contribution in [0.2, 0.25) is 0 Å². The molecule has 8 heteroatoms. The molecule has 0 aliphatic carbocycles. The van der Waals surface area contributed by atoms with E-state index in [4.69, 9.17) is 0 Å². The SMILES string of the molecule is O=C(Nc1ccc(Nc2ccnc3[nH]c(=O)ccc23)cc1)c1ccc(F)cc1F. The van der Waals surface area contributed by atoms with E-state index < -0.39 is 17.5 Å². The lowest BCUT2D eigenvalue weighted by Crippen LogP contribution is -2.13. The van der Waals surface area contributed by atoms with E-state index in [1.165, 1.54) is 6.07 Å². The minimum atomic E-state index is -0.927. The average Bonchev–Trinajstić information content (AvgIpc) is 2.69. The summed E-state index contributed by atoms with van der Waals surface area (Å²) >= 11 is 0. The number of anilines is 3. The van der Waals surface area contributed by atoms with E-state index in [1.54, 1.807) is 42.6 Å². The van der Waals surface area contributed by atoms with E-state index in [0.717, 1.165) is 28.9 Å². The topological polar surface area (TPSA) is 86.9 Å². The fraction of sp³-hybridized carbons (Fsp3) is 0. The molecule has 4 rings (SSSR count). The number of aromatic nitrogens is 2. The van der Waals surface area contributed by atoms with Crippen molar-refractivity contribution < 1.29 is 13.6 Å². The molecule has 6 nitrogen and oxygen atoms in total. The van der Waals surface area contributed by atoms with Gasteiger partial charge in [0, 0.05) is 35.1 Å². The van der Waals surface area contributed by atoms with Crippen molar-refractivity contribution in [1.82, 2.24) is 9.97 Å². The lowest BCUT2D eigenvalue weighted by Gasteiger charge is -2.11. The molecule has 0 saturated carbocycles. The van der Waals surface area contributed by atoms with Crippen molar-refractivity contribution in [3.05, 3.63) is 94.4 Å². The number of carbonyl (C=O) groups excluding carboxylic acids is 1. The molecule has 4 aromatic rings. The first-order valence-electron chi connectivity index (χ1n) is 8.61. The van der Waals surface area contributed by atoms with Gasteiger partial charge in [0.15, 0.2) is 0 Å². The van der Waals surface area contributed by atoms with Gasteiger partial charge < -0.3 is 15.6 Å². The zero-order valence-corrected chi connectivity index (χ0v) is 14.9. The second-order valence-corrected chi connectivity index (χ2v) is 6.22. The van der Waals surface area contributed by atoms with Gasteiger partial charge in [-0.15, -0.1) is 0 Å². The fourth-order valence-corrected chi connectivity index (χ4v) is 2.83. The molecule has 0 fully saturated rings. The summed E-state index contributed by atoms with van der Waals surface area (Å²) in [4.78, 5) is 30.4. The second kappa shape index (κ2) is 7.51. The van der Waals surface area contributed by atoms with E-state index >= 15 is 0 Å². The maximum atomic E-state index is 13.7. The minimum Gasteiger partial charge on any atom is -0.355 e. The summed E-state index contributed by atoms with van der Waals surface area (Å²) < 4.78 is 26.7. The smallest absolute Gasteiger partial charge is 0.258 e. The van der Waals surface area contributed by atoms with Crippen LogP contribution in [0.1, 0.15) is 10.4 Å². The number of hydrogen-bond donors (Lipinski definition) is 3. The van der Waals surface area contributed by atoms with Crippen molar-refractivity contribution in [2.75, 3.05) is 10.6 Å². The van der Waals surface area contributed by atoms with Gasteiger partial charge in [-0.25, -0.2) is 13.8 Å². The Hall–Kier alpha value is -4.07. The predicted octanol–water partition coefficient (Wildman–Crippen LogP) is 4.20. The van der Waals surface area contributed by atoms with Gasteiger partial charge in [0.1, 0.15) is 17.3 Å². The number of nitrogens with one attached hydrogen (secondary N) is 3. The number of pyridine rings is 2. The van der Waals surface area contributed by atoms with Crippen LogP contribution in [0.25, 0.3) is 11.0 Å². The van der Waals surface area contributed by atoms with Gasteiger partial charge in [-0.3, -0.25) is 9.59 Å². The van der Waals surface area contributed by atoms with Gasteiger partial charge >= 0.3 is 0 Å². The van der Waals surface area contributed by atoms with Gasteiger partial charge in [0.25, 0.3) is 5.91 Å². The number of carbonyl (C=O) groups is 1. The number of halogens is 2. The molecule has 29 heavy (non-hydrogen) atoms. The normalized spacial score (nSPS) is 10.7. The van der Waals surface area contributed by atoms with Crippen molar-refractivity contribution in [1.29, 1.82) is 0 Å². The third-order valence-corrected chi connectivity index (χ3v) is 4.23. The zero-order chi connectivity index (χ0) is 20.4. The highest BCUT2D eigenvalue weighted by Gasteiger charge is 2.12. The van der Waals surface area contributed by atoms with Gasteiger partial charge in [-0.05, 0) is 48.5 Å². The third kappa shape index (κ3) is 3.96. The summed E-state index contributed by atoms with van der Waals surface area (Å²) in [5.41, 5.74) is 1.91. The Bertz CT molecular complexity index is 1270. The maximum absolute atomic E-state index is 13.7. The lowest BCUT2D eigenvalue weighted by molar-refractivity contribution is 0.102. The number of hydrogen-bond acceptors (Lipinski definition) is 4. The highest BCUT2D eigenvalue weighted by molar-refractivity contribution is 6.04. The van der Waals surface area contributed by atoms with Crippen LogP contribution in [0, 0.1) is 11.6 Å². The van der Waals surface area contributed by atoms with Crippen LogP contribution >= 0.6 is 0 Å². The molecule has 0 aliphatic rings. The van der Waals surface area contributed by atoms with Gasteiger partial charge in [-0.2, -0.15) is 0 Å². The van der Waals surface area contributed by atoms with E-state index in [1.807, 2.05) is 0 Å². The number of nitrogens with zero attached hydrogens (tertiary/aromatic N) is 1. The Morgan fingerprint density at radius 2 is 1.69 bits per heavy atom. The number of rotatable bonds is 4. The summed E-state index contributed by atoms with van der Waals surface area (Å²) in [5.74, 6) is -2.35. The van der Waals surface area contributed by atoms with Crippen molar-refractivity contribution in [3.63, 3.8) is 0 Å².